The van der Waals surface area contributed by atoms with E-state index in [4.69, 9.17) is 4.74 Å². The third-order valence-electron chi connectivity index (χ3n) is 4.92. The van der Waals surface area contributed by atoms with Crippen LogP contribution in [0, 0.1) is 0 Å². The molecule has 3 aromatic rings. The van der Waals surface area contributed by atoms with Crippen molar-refractivity contribution >= 4 is 17.0 Å². The predicted octanol–water partition coefficient (Wildman–Crippen LogP) is 4.96. The summed E-state index contributed by atoms with van der Waals surface area (Å²) < 4.78 is 5.33. The average molecular weight is 396 g/mol. The van der Waals surface area contributed by atoms with Gasteiger partial charge >= 0.3 is 5.97 Å². The molecule has 0 aliphatic carbocycles. The Kier molecular flexibility index (Phi) is 7.61. The maximum atomic E-state index is 12.0. The highest BCUT2D eigenvalue weighted by Crippen LogP contribution is 2.23. The number of hydrogen-bond donors (Lipinski definition) is 1. The number of rotatable bonds is 11. The molecule has 1 N–H and O–H groups in total. The van der Waals surface area contributed by atoms with Crippen LogP contribution in [0.15, 0.2) is 42.5 Å². The first-order chi connectivity index (χ1) is 14.2. The van der Waals surface area contributed by atoms with E-state index in [9.17, 15) is 9.90 Å². The summed E-state index contributed by atoms with van der Waals surface area (Å²) in [6, 6.07) is 12.8. The van der Waals surface area contributed by atoms with Gasteiger partial charge in [0.2, 0.25) is 0 Å². The highest BCUT2D eigenvalue weighted by Gasteiger charge is 2.11. The maximum Gasteiger partial charge on any atom is 0.306 e. The first kappa shape index (κ1) is 20.8. The van der Waals surface area contributed by atoms with Crippen LogP contribution in [0.1, 0.15) is 57.4 Å². The summed E-state index contributed by atoms with van der Waals surface area (Å²) in [7, 11) is 0. The van der Waals surface area contributed by atoms with Gasteiger partial charge < -0.3 is 9.84 Å². The largest absolute Gasteiger partial charge is 0.506 e. The van der Waals surface area contributed by atoms with Gasteiger partial charge in [-0.15, -0.1) is 15.0 Å². The molecule has 0 unspecified atom stereocenters. The molecule has 0 spiro atoms. The molecule has 6 nitrogen and oxygen atoms in total. The van der Waals surface area contributed by atoms with Crippen LogP contribution < -0.4 is 0 Å². The van der Waals surface area contributed by atoms with Crippen molar-refractivity contribution in [1.82, 2.24) is 15.0 Å². The van der Waals surface area contributed by atoms with Gasteiger partial charge in [-0.25, -0.2) is 0 Å². The molecule has 0 aliphatic heterocycles. The maximum absolute atomic E-state index is 12.0. The smallest absolute Gasteiger partial charge is 0.306 e. The molecule has 0 atom stereocenters. The number of unbranched alkanes of at least 4 members (excludes halogenated alkanes) is 5. The monoisotopic (exact) mass is 395 g/mol. The number of fused-ring (bicyclic) bond motifs is 1. The second-order valence-corrected chi connectivity index (χ2v) is 7.29. The number of phenolic OH excluding ortho intramolecular Hbond substituents is 1. The van der Waals surface area contributed by atoms with E-state index in [1.54, 1.807) is 6.07 Å². The molecule has 3 rings (SSSR count). The van der Waals surface area contributed by atoms with Crippen LogP contribution in [0.5, 0.6) is 5.75 Å². The van der Waals surface area contributed by atoms with Crippen LogP contribution in [-0.2, 0) is 16.0 Å². The van der Waals surface area contributed by atoms with Crippen LogP contribution >= 0.6 is 0 Å². The predicted molar refractivity (Wildman–Crippen MR) is 113 cm³/mol. The number of carbonyl (C=O) groups is 1. The van der Waals surface area contributed by atoms with Crippen molar-refractivity contribution in [3.8, 4) is 11.4 Å². The third kappa shape index (κ3) is 6.04. The highest BCUT2D eigenvalue weighted by molar-refractivity contribution is 5.73. The van der Waals surface area contributed by atoms with Gasteiger partial charge in [-0.05, 0) is 42.7 Å². The Morgan fingerprint density at radius 1 is 1.00 bits per heavy atom. The Labute approximate surface area is 171 Å². The minimum Gasteiger partial charge on any atom is -0.506 e. The zero-order valence-corrected chi connectivity index (χ0v) is 17.0. The van der Waals surface area contributed by atoms with Crippen molar-refractivity contribution < 1.29 is 14.6 Å². The van der Waals surface area contributed by atoms with Crippen LogP contribution in [0.2, 0.25) is 0 Å². The summed E-state index contributed by atoms with van der Waals surface area (Å²) in [4.78, 5) is 13.4. The van der Waals surface area contributed by atoms with Gasteiger partial charge in [0.25, 0.3) is 0 Å². The molecule has 154 valence electrons. The van der Waals surface area contributed by atoms with Crippen molar-refractivity contribution in [2.45, 2.75) is 58.3 Å². The van der Waals surface area contributed by atoms with E-state index in [0.29, 0.717) is 25.1 Å². The number of esters is 1. The molecule has 0 saturated carbocycles. The molecule has 29 heavy (non-hydrogen) atoms. The van der Waals surface area contributed by atoms with Crippen LogP contribution in [0.3, 0.4) is 0 Å². The molecule has 1 heterocycles. The van der Waals surface area contributed by atoms with Crippen molar-refractivity contribution in [3.05, 3.63) is 48.0 Å². The standard InChI is InChI=1S/C23H29N3O3/c1-2-3-4-5-6-9-16-29-23(28)15-13-18-12-14-22(27)21(17-18)26-24-19-10-7-8-11-20(19)25-26/h7-8,10-12,14,17,27H,2-6,9,13,15-16H2,1H3. The first-order valence-corrected chi connectivity index (χ1v) is 10.5. The summed E-state index contributed by atoms with van der Waals surface area (Å²) in [5, 5.41) is 19.0. The van der Waals surface area contributed by atoms with Crippen molar-refractivity contribution in [2.75, 3.05) is 6.61 Å². The van der Waals surface area contributed by atoms with Gasteiger partial charge in [-0.2, -0.15) is 0 Å². The Hall–Kier alpha value is -2.89. The van der Waals surface area contributed by atoms with E-state index in [-0.39, 0.29) is 11.7 Å². The van der Waals surface area contributed by atoms with E-state index < -0.39 is 0 Å². The molecular weight excluding hydrogens is 366 g/mol. The number of aromatic nitrogens is 3. The number of phenols is 1. The normalized spacial score (nSPS) is 11.1. The van der Waals surface area contributed by atoms with E-state index in [0.717, 1.165) is 29.4 Å². The van der Waals surface area contributed by atoms with E-state index >= 15 is 0 Å². The van der Waals surface area contributed by atoms with E-state index in [2.05, 4.69) is 17.1 Å². The summed E-state index contributed by atoms with van der Waals surface area (Å²) in [6.45, 7) is 2.70. The Morgan fingerprint density at radius 3 is 2.41 bits per heavy atom. The lowest BCUT2D eigenvalue weighted by Crippen LogP contribution is -2.07. The zero-order chi connectivity index (χ0) is 20.5. The second kappa shape index (κ2) is 10.6. The van der Waals surface area contributed by atoms with Gasteiger partial charge in [0.1, 0.15) is 22.5 Å². The number of benzene rings is 2. The highest BCUT2D eigenvalue weighted by atomic mass is 16.5. The van der Waals surface area contributed by atoms with Crippen LogP contribution in [0.25, 0.3) is 16.7 Å². The quantitative estimate of drug-likeness (QED) is 0.367. The average Bonchev–Trinajstić information content (AvgIpc) is 3.16. The number of carbonyl (C=O) groups excluding carboxylic acids is 1. The van der Waals surface area contributed by atoms with Crippen LogP contribution in [-0.4, -0.2) is 32.7 Å². The fraction of sp³-hybridized carbons (Fsp3) is 0.435. The molecule has 2 aromatic carbocycles. The lowest BCUT2D eigenvalue weighted by molar-refractivity contribution is -0.143. The summed E-state index contributed by atoms with van der Waals surface area (Å²) >= 11 is 0. The first-order valence-electron chi connectivity index (χ1n) is 10.5. The third-order valence-corrected chi connectivity index (χ3v) is 4.92. The summed E-state index contributed by atoms with van der Waals surface area (Å²) in [5.74, 6) is -0.0872. The molecule has 0 bridgehead atoms. The van der Waals surface area contributed by atoms with Crippen molar-refractivity contribution in [2.24, 2.45) is 0 Å². The molecule has 0 fully saturated rings. The number of nitrogens with zero attached hydrogens (tertiary/aromatic N) is 3. The second-order valence-electron chi connectivity index (χ2n) is 7.29. The van der Waals surface area contributed by atoms with Gasteiger partial charge in [0.05, 0.1) is 6.61 Å². The van der Waals surface area contributed by atoms with E-state index in [1.165, 1.54) is 30.5 Å². The molecule has 0 saturated heterocycles. The summed E-state index contributed by atoms with van der Waals surface area (Å²) in [6.07, 6.45) is 7.88. The van der Waals surface area contributed by atoms with Crippen molar-refractivity contribution in [1.29, 1.82) is 0 Å². The number of aryl methyl sites for hydroxylation is 1. The van der Waals surface area contributed by atoms with Gasteiger partial charge in [0, 0.05) is 6.42 Å². The minimum atomic E-state index is -0.184. The molecular formula is C23H29N3O3. The van der Waals surface area contributed by atoms with Gasteiger partial charge in [-0.3, -0.25) is 4.79 Å². The molecule has 6 heteroatoms. The van der Waals surface area contributed by atoms with E-state index in [1.807, 2.05) is 36.4 Å². The zero-order valence-electron chi connectivity index (χ0n) is 17.0. The Bertz CT molecular complexity index is 903. The SMILES string of the molecule is CCCCCCCCOC(=O)CCc1ccc(O)c(-n2nc3ccccc3n2)c1. The molecule has 1 aromatic heterocycles. The van der Waals surface area contributed by atoms with Crippen LogP contribution in [0.4, 0.5) is 0 Å². The Morgan fingerprint density at radius 2 is 1.69 bits per heavy atom. The van der Waals surface area contributed by atoms with Gasteiger partial charge in [-0.1, -0.05) is 57.2 Å². The number of aromatic hydroxyl groups is 1. The lowest BCUT2D eigenvalue weighted by Gasteiger charge is -2.08. The minimum absolute atomic E-state index is 0.0969. The lowest BCUT2D eigenvalue weighted by atomic mass is 10.1. The number of hydrogen-bond acceptors (Lipinski definition) is 5. The number of ether oxygens (including phenoxy) is 1. The fourth-order valence-corrected chi connectivity index (χ4v) is 3.24. The summed E-state index contributed by atoms with van der Waals surface area (Å²) in [5.41, 5.74) is 2.95. The topological polar surface area (TPSA) is 77.2 Å². The molecule has 0 amide bonds. The van der Waals surface area contributed by atoms with Gasteiger partial charge in [0.15, 0.2) is 0 Å². The van der Waals surface area contributed by atoms with Crippen molar-refractivity contribution in [3.63, 3.8) is 0 Å². The molecule has 0 aliphatic rings. The Balaban J connectivity index is 1.50. The molecule has 0 radical (unpaired) electrons. The fourth-order valence-electron chi connectivity index (χ4n) is 3.24.